The molecule has 4 heteroatoms. The molecule has 4 nitrogen and oxygen atoms in total. The first-order valence-electron chi connectivity index (χ1n) is 4.91. The van der Waals surface area contributed by atoms with Crippen molar-refractivity contribution in [1.82, 2.24) is 15.0 Å². The lowest BCUT2D eigenvalue weighted by molar-refractivity contribution is 0.264. The van der Waals surface area contributed by atoms with Crippen LogP contribution < -0.4 is 5.73 Å². The van der Waals surface area contributed by atoms with Crippen molar-refractivity contribution in [3.05, 3.63) is 11.9 Å². The minimum Gasteiger partial charge on any atom is -0.323 e. The highest BCUT2D eigenvalue weighted by atomic mass is 15.4. The molecule has 1 aliphatic rings. The Bertz CT molecular complexity index is 275. The lowest BCUT2D eigenvalue weighted by atomic mass is 9.85. The molecule has 1 heterocycles. The largest absolute Gasteiger partial charge is 0.323 e. The Balaban J connectivity index is 1.96. The maximum absolute atomic E-state index is 5.69. The van der Waals surface area contributed by atoms with Crippen molar-refractivity contribution >= 4 is 0 Å². The normalized spacial score (nSPS) is 19.8. The molecule has 1 aromatic rings. The van der Waals surface area contributed by atoms with E-state index in [1.54, 1.807) is 0 Å². The number of hydrogen-bond donors (Lipinski definition) is 1. The van der Waals surface area contributed by atoms with E-state index in [0.29, 0.717) is 0 Å². The predicted molar refractivity (Wildman–Crippen MR) is 50.0 cm³/mol. The lowest BCUT2D eigenvalue weighted by Crippen LogP contribution is -2.18. The van der Waals surface area contributed by atoms with E-state index >= 15 is 0 Å². The van der Waals surface area contributed by atoms with Crippen LogP contribution in [0.5, 0.6) is 0 Å². The first-order valence-corrected chi connectivity index (χ1v) is 4.91. The summed E-state index contributed by atoms with van der Waals surface area (Å²) in [4.78, 5) is 0. The third-order valence-corrected chi connectivity index (χ3v) is 2.69. The highest BCUT2D eigenvalue weighted by molar-refractivity contribution is 4.97. The number of hydrogen-bond acceptors (Lipinski definition) is 3. The first-order chi connectivity index (χ1) is 6.25. The molecule has 2 rings (SSSR count). The summed E-state index contributed by atoms with van der Waals surface area (Å²) < 4.78 is 1.92. The van der Waals surface area contributed by atoms with Gasteiger partial charge in [-0.15, -0.1) is 5.10 Å². The smallest absolute Gasteiger partial charge is 0.0991 e. The minimum absolute atomic E-state index is 0.00450. The fourth-order valence-corrected chi connectivity index (χ4v) is 1.55. The third-order valence-electron chi connectivity index (χ3n) is 2.69. The maximum Gasteiger partial charge on any atom is 0.0991 e. The predicted octanol–water partition coefficient (Wildman–Crippen LogP) is 1.10. The van der Waals surface area contributed by atoms with E-state index in [9.17, 15) is 0 Å². The Morgan fingerprint density at radius 3 is 2.92 bits per heavy atom. The summed E-state index contributed by atoms with van der Waals surface area (Å²) in [5, 5.41) is 8.06. The highest BCUT2D eigenvalue weighted by Crippen LogP contribution is 2.27. The van der Waals surface area contributed by atoms with Crippen molar-refractivity contribution in [2.75, 3.05) is 0 Å². The third kappa shape index (κ3) is 1.88. The first kappa shape index (κ1) is 8.69. The topological polar surface area (TPSA) is 56.7 Å². The molecule has 0 spiro atoms. The summed E-state index contributed by atoms with van der Waals surface area (Å²) in [5.74, 6) is 0.822. The standard InChI is InChI=1S/C9H16N4/c1-7(10)9-6-13(12-11-9)5-8-3-2-4-8/h6-8H,2-5,10H2,1H3/t7-/m1/s1. The number of aromatic nitrogens is 3. The van der Waals surface area contributed by atoms with E-state index in [1.165, 1.54) is 19.3 Å². The van der Waals surface area contributed by atoms with Gasteiger partial charge in [0.05, 0.1) is 11.9 Å². The number of rotatable bonds is 3. The van der Waals surface area contributed by atoms with Gasteiger partial charge in [-0.3, -0.25) is 4.68 Å². The zero-order valence-electron chi connectivity index (χ0n) is 7.98. The summed E-state index contributed by atoms with van der Waals surface area (Å²) >= 11 is 0. The van der Waals surface area contributed by atoms with Crippen LogP contribution in [0, 0.1) is 5.92 Å². The van der Waals surface area contributed by atoms with Crippen LogP contribution >= 0.6 is 0 Å². The van der Waals surface area contributed by atoms with Gasteiger partial charge < -0.3 is 5.73 Å². The van der Waals surface area contributed by atoms with Crippen molar-refractivity contribution in [1.29, 1.82) is 0 Å². The Morgan fingerprint density at radius 1 is 1.69 bits per heavy atom. The van der Waals surface area contributed by atoms with Crippen LogP contribution in [-0.2, 0) is 6.54 Å². The number of nitrogens with two attached hydrogens (primary N) is 1. The summed E-state index contributed by atoms with van der Waals surface area (Å²) in [6.07, 6.45) is 6.02. The second-order valence-corrected chi connectivity index (χ2v) is 3.95. The Hall–Kier alpha value is -0.900. The highest BCUT2D eigenvalue weighted by Gasteiger charge is 2.18. The monoisotopic (exact) mass is 180 g/mol. The molecule has 0 unspecified atom stereocenters. The molecule has 1 aliphatic carbocycles. The van der Waals surface area contributed by atoms with Gasteiger partial charge in [-0.1, -0.05) is 11.6 Å². The van der Waals surface area contributed by atoms with Gasteiger partial charge in [0.2, 0.25) is 0 Å². The average molecular weight is 180 g/mol. The summed E-state index contributed by atoms with van der Waals surface area (Å²) in [5.41, 5.74) is 6.58. The second kappa shape index (κ2) is 3.46. The lowest BCUT2D eigenvalue weighted by Gasteiger charge is -2.24. The average Bonchev–Trinajstić information content (AvgIpc) is 2.44. The van der Waals surface area contributed by atoms with Gasteiger partial charge in [0.1, 0.15) is 0 Å². The van der Waals surface area contributed by atoms with Crippen molar-refractivity contribution in [2.45, 2.75) is 38.8 Å². The molecule has 1 saturated carbocycles. The molecule has 1 aromatic heterocycles. The van der Waals surface area contributed by atoms with Gasteiger partial charge in [-0.05, 0) is 25.7 Å². The maximum atomic E-state index is 5.69. The van der Waals surface area contributed by atoms with Crippen molar-refractivity contribution in [2.24, 2.45) is 11.7 Å². The Labute approximate surface area is 78.1 Å². The van der Waals surface area contributed by atoms with Gasteiger partial charge in [0.15, 0.2) is 0 Å². The minimum atomic E-state index is -0.00450. The second-order valence-electron chi connectivity index (χ2n) is 3.95. The molecule has 0 bridgehead atoms. The van der Waals surface area contributed by atoms with E-state index in [2.05, 4.69) is 10.3 Å². The van der Waals surface area contributed by atoms with Crippen molar-refractivity contribution in [3.8, 4) is 0 Å². The van der Waals surface area contributed by atoms with Gasteiger partial charge >= 0.3 is 0 Å². The molecule has 2 N–H and O–H groups in total. The molecular weight excluding hydrogens is 164 g/mol. The van der Waals surface area contributed by atoms with E-state index in [0.717, 1.165) is 18.2 Å². The fourth-order valence-electron chi connectivity index (χ4n) is 1.55. The molecule has 72 valence electrons. The van der Waals surface area contributed by atoms with E-state index < -0.39 is 0 Å². The van der Waals surface area contributed by atoms with E-state index in [-0.39, 0.29) is 6.04 Å². The van der Waals surface area contributed by atoms with Crippen molar-refractivity contribution < 1.29 is 0 Å². The number of nitrogens with zero attached hydrogens (tertiary/aromatic N) is 3. The Morgan fingerprint density at radius 2 is 2.46 bits per heavy atom. The van der Waals surface area contributed by atoms with Crippen LogP contribution in [0.2, 0.25) is 0 Å². The molecule has 1 fully saturated rings. The van der Waals surface area contributed by atoms with Gasteiger partial charge in [0.25, 0.3) is 0 Å². The summed E-state index contributed by atoms with van der Waals surface area (Å²) in [6, 6.07) is -0.00450. The summed E-state index contributed by atoms with van der Waals surface area (Å²) in [7, 11) is 0. The van der Waals surface area contributed by atoms with Gasteiger partial charge in [-0.25, -0.2) is 0 Å². The van der Waals surface area contributed by atoms with Crippen LogP contribution in [0.15, 0.2) is 6.20 Å². The van der Waals surface area contributed by atoms with Crippen LogP contribution in [0.1, 0.15) is 37.9 Å². The van der Waals surface area contributed by atoms with Crippen molar-refractivity contribution in [3.63, 3.8) is 0 Å². The van der Waals surface area contributed by atoms with Gasteiger partial charge in [-0.2, -0.15) is 0 Å². The van der Waals surface area contributed by atoms with E-state index in [4.69, 9.17) is 5.73 Å². The van der Waals surface area contributed by atoms with Crippen LogP contribution in [0.4, 0.5) is 0 Å². The zero-order chi connectivity index (χ0) is 9.26. The molecular formula is C9H16N4. The van der Waals surface area contributed by atoms with Crippen LogP contribution in [-0.4, -0.2) is 15.0 Å². The fraction of sp³-hybridized carbons (Fsp3) is 0.778. The SMILES string of the molecule is C[C@@H](N)c1cn(CC2CCC2)nn1. The summed E-state index contributed by atoms with van der Waals surface area (Å²) in [6.45, 7) is 2.94. The van der Waals surface area contributed by atoms with Gasteiger partial charge in [0, 0.05) is 12.6 Å². The molecule has 1 atom stereocenters. The molecule has 0 saturated heterocycles. The molecule has 0 amide bonds. The molecule has 13 heavy (non-hydrogen) atoms. The van der Waals surface area contributed by atoms with E-state index in [1.807, 2.05) is 17.8 Å². The van der Waals surface area contributed by atoms with Crippen LogP contribution in [0.25, 0.3) is 0 Å². The molecule has 0 aromatic carbocycles. The van der Waals surface area contributed by atoms with Crippen LogP contribution in [0.3, 0.4) is 0 Å². The quantitative estimate of drug-likeness (QED) is 0.757. The Kier molecular flexibility index (Phi) is 2.31. The zero-order valence-corrected chi connectivity index (χ0v) is 7.98. The molecule has 0 aliphatic heterocycles. The molecule has 0 radical (unpaired) electrons.